The zero-order chi connectivity index (χ0) is 16.2. The number of amides is 1. The molecule has 0 aromatic heterocycles. The van der Waals surface area contributed by atoms with Crippen LogP contribution in [0.2, 0.25) is 0 Å². The molecule has 1 aromatic rings. The van der Waals surface area contributed by atoms with Crippen molar-refractivity contribution in [3.63, 3.8) is 0 Å². The number of rotatable bonds is 7. The maximum Gasteiger partial charge on any atom is 0.305 e. The number of halogens is 1. The van der Waals surface area contributed by atoms with Crippen LogP contribution in [0.1, 0.15) is 39.0 Å². The SMILES string of the molecule is CCC(Oc1ccccc1F)C(=O)NC1(CC(=O)O)CCC1. The average Bonchev–Trinajstić information content (AvgIpc) is 2.43. The van der Waals surface area contributed by atoms with Crippen LogP contribution in [0.15, 0.2) is 24.3 Å². The van der Waals surface area contributed by atoms with E-state index >= 15 is 0 Å². The van der Waals surface area contributed by atoms with Gasteiger partial charge in [-0.25, -0.2) is 4.39 Å². The standard InChI is InChI=1S/C16H20FNO4/c1-2-12(22-13-7-4-3-6-11(13)17)15(21)18-16(8-5-9-16)10-14(19)20/h3-4,6-7,12H,2,5,8-10H2,1H3,(H,18,21)(H,19,20). The molecule has 6 heteroatoms. The minimum Gasteiger partial charge on any atom is -0.481 e. The first kappa shape index (κ1) is 16.3. The Balaban J connectivity index is 2.03. The number of carboxylic acids is 1. The van der Waals surface area contributed by atoms with Crippen LogP contribution < -0.4 is 10.1 Å². The normalized spacial score (nSPS) is 17.2. The second-order valence-corrected chi connectivity index (χ2v) is 5.64. The molecule has 0 saturated heterocycles. The van der Waals surface area contributed by atoms with Crippen LogP contribution in [0.5, 0.6) is 5.75 Å². The molecule has 1 unspecified atom stereocenters. The van der Waals surface area contributed by atoms with Crippen LogP contribution in [0.25, 0.3) is 0 Å². The summed E-state index contributed by atoms with van der Waals surface area (Å²) in [6, 6.07) is 5.89. The third-order valence-electron chi connectivity index (χ3n) is 3.96. The van der Waals surface area contributed by atoms with Gasteiger partial charge in [-0.2, -0.15) is 0 Å². The molecule has 120 valence electrons. The van der Waals surface area contributed by atoms with Gasteiger partial charge in [-0.05, 0) is 37.8 Å². The van der Waals surface area contributed by atoms with E-state index in [-0.39, 0.29) is 12.2 Å². The highest BCUT2D eigenvalue weighted by Gasteiger charge is 2.41. The first-order valence-corrected chi connectivity index (χ1v) is 7.41. The van der Waals surface area contributed by atoms with Gasteiger partial charge in [0.05, 0.1) is 12.0 Å². The van der Waals surface area contributed by atoms with Crippen molar-refractivity contribution >= 4 is 11.9 Å². The maximum absolute atomic E-state index is 13.6. The minimum atomic E-state index is -0.942. The van der Waals surface area contributed by atoms with E-state index in [1.807, 2.05) is 0 Å². The zero-order valence-corrected chi connectivity index (χ0v) is 12.5. The number of nitrogens with one attached hydrogen (secondary N) is 1. The number of carbonyl (C=O) groups is 2. The van der Waals surface area contributed by atoms with Crippen LogP contribution in [0, 0.1) is 5.82 Å². The lowest BCUT2D eigenvalue weighted by Crippen LogP contribution is -2.57. The molecule has 1 fully saturated rings. The molecule has 1 saturated carbocycles. The van der Waals surface area contributed by atoms with Gasteiger partial charge >= 0.3 is 5.97 Å². The highest BCUT2D eigenvalue weighted by Crippen LogP contribution is 2.35. The number of hydrogen-bond donors (Lipinski definition) is 2. The van der Waals surface area contributed by atoms with Gasteiger partial charge in [0.1, 0.15) is 0 Å². The Morgan fingerprint density at radius 3 is 2.59 bits per heavy atom. The zero-order valence-electron chi connectivity index (χ0n) is 12.5. The lowest BCUT2D eigenvalue weighted by atomic mass is 9.74. The van der Waals surface area contributed by atoms with Crippen molar-refractivity contribution in [3.05, 3.63) is 30.1 Å². The summed E-state index contributed by atoms with van der Waals surface area (Å²) in [5.41, 5.74) is -0.686. The summed E-state index contributed by atoms with van der Waals surface area (Å²) in [6.07, 6.45) is 1.59. The topological polar surface area (TPSA) is 75.6 Å². The highest BCUT2D eigenvalue weighted by molar-refractivity contribution is 5.83. The first-order valence-electron chi connectivity index (χ1n) is 7.41. The molecular weight excluding hydrogens is 289 g/mol. The molecule has 0 aliphatic heterocycles. The van der Waals surface area contributed by atoms with Crippen molar-refractivity contribution < 1.29 is 23.8 Å². The summed E-state index contributed by atoms with van der Waals surface area (Å²) < 4.78 is 19.0. The van der Waals surface area contributed by atoms with Crippen molar-refractivity contribution in [3.8, 4) is 5.75 Å². The molecule has 0 heterocycles. The maximum atomic E-state index is 13.6. The third-order valence-corrected chi connectivity index (χ3v) is 3.96. The van der Waals surface area contributed by atoms with Gasteiger partial charge in [0, 0.05) is 0 Å². The molecule has 1 aromatic carbocycles. The number of ether oxygens (including phenoxy) is 1. The van der Waals surface area contributed by atoms with Crippen molar-refractivity contribution in [1.29, 1.82) is 0 Å². The second kappa shape index (κ2) is 6.77. The van der Waals surface area contributed by atoms with Crippen LogP contribution in [-0.2, 0) is 9.59 Å². The molecule has 5 nitrogen and oxygen atoms in total. The van der Waals surface area contributed by atoms with Crippen molar-refractivity contribution in [2.75, 3.05) is 0 Å². The van der Waals surface area contributed by atoms with Crippen molar-refractivity contribution in [1.82, 2.24) is 5.32 Å². The fraction of sp³-hybridized carbons (Fsp3) is 0.500. The second-order valence-electron chi connectivity index (χ2n) is 5.64. The summed E-state index contributed by atoms with van der Waals surface area (Å²) in [6.45, 7) is 1.76. The third kappa shape index (κ3) is 3.75. The predicted octanol–water partition coefficient (Wildman–Crippen LogP) is 2.50. The van der Waals surface area contributed by atoms with Crippen LogP contribution >= 0.6 is 0 Å². The Bertz CT molecular complexity index is 557. The lowest BCUT2D eigenvalue weighted by molar-refractivity contribution is -0.141. The molecule has 22 heavy (non-hydrogen) atoms. The van der Waals surface area contributed by atoms with Gasteiger partial charge < -0.3 is 15.2 Å². The number of hydrogen-bond acceptors (Lipinski definition) is 3. The van der Waals surface area contributed by atoms with Crippen molar-refractivity contribution in [2.24, 2.45) is 0 Å². The van der Waals surface area contributed by atoms with Crippen molar-refractivity contribution in [2.45, 2.75) is 50.7 Å². The lowest BCUT2D eigenvalue weighted by Gasteiger charge is -2.42. The number of aliphatic carboxylic acids is 1. The average molecular weight is 309 g/mol. The van der Waals surface area contributed by atoms with Gasteiger partial charge in [0.15, 0.2) is 17.7 Å². The Morgan fingerprint density at radius 2 is 2.09 bits per heavy atom. The summed E-state index contributed by atoms with van der Waals surface area (Å²) >= 11 is 0. The molecule has 1 aliphatic carbocycles. The molecule has 1 atom stereocenters. The van der Waals surface area contributed by atoms with Crippen LogP contribution in [-0.4, -0.2) is 28.6 Å². The summed E-state index contributed by atoms with van der Waals surface area (Å²) in [4.78, 5) is 23.3. The largest absolute Gasteiger partial charge is 0.481 e. The molecule has 0 radical (unpaired) electrons. The van der Waals surface area contributed by atoms with E-state index < -0.39 is 29.3 Å². The molecule has 0 bridgehead atoms. The quantitative estimate of drug-likeness (QED) is 0.811. The number of para-hydroxylation sites is 1. The van der Waals surface area contributed by atoms with Gasteiger partial charge in [-0.3, -0.25) is 9.59 Å². The molecule has 0 spiro atoms. The van der Waals surface area contributed by atoms with E-state index in [1.165, 1.54) is 12.1 Å². The number of benzene rings is 1. The van der Waals surface area contributed by atoms with E-state index in [2.05, 4.69) is 5.32 Å². The Hall–Kier alpha value is -2.11. The smallest absolute Gasteiger partial charge is 0.305 e. The van der Waals surface area contributed by atoms with E-state index in [1.54, 1.807) is 19.1 Å². The molecule has 2 rings (SSSR count). The van der Waals surface area contributed by atoms with E-state index in [0.29, 0.717) is 19.3 Å². The van der Waals surface area contributed by atoms with Crippen LogP contribution in [0.4, 0.5) is 4.39 Å². The van der Waals surface area contributed by atoms with Gasteiger partial charge in [0.2, 0.25) is 0 Å². The van der Waals surface area contributed by atoms with Gasteiger partial charge in [-0.15, -0.1) is 0 Å². The molecule has 2 N–H and O–H groups in total. The molecular formula is C16H20FNO4. The highest BCUT2D eigenvalue weighted by atomic mass is 19.1. The summed E-state index contributed by atoms with van der Waals surface area (Å²) in [5.74, 6) is -1.85. The van der Waals surface area contributed by atoms with E-state index in [4.69, 9.17) is 9.84 Å². The van der Waals surface area contributed by atoms with Crippen LogP contribution in [0.3, 0.4) is 0 Å². The Labute approximate surface area is 128 Å². The number of carboxylic acid groups (broad SMARTS) is 1. The fourth-order valence-electron chi connectivity index (χ4n) is 2.60. The summed E-state index contributed by atoms with van der Waals surface area (Å²) in [7, 11) is 0. The minimum absolute atomic E-state index is 0.0189. The molecule has 1 amide bonds. The number of carbonyl (C=O) groups excluding carboxylic acids is 1. The predicted molar refractivity (Wildman–Crippen MR) is 78.1 cm³/mol. The van der Waals surface area contributed by atoms with Gasteiger partial charge in [0.25, 0.3) is 5.91 Å². The first-order chi connectivity index (χ1) is 10.5. The Morgan fingerprint density at radius 1 is 1.41 bits per heavy atom. The summed E-state index contributed by atoms with van der Waals surface area (Å²) in [5, 5.41) is 11.7. The van der Waals surface area contributed by atoms with Gasteiger partial charge in [-0.1, -0.05) is 19.1 Å². The fourth-order valence-corrected chi connectivity index (χ4v) is 2.60. The molecule has 1 aliphatic rings. The Kier molecular flexibility index (Phi) is 5.00. The van der Waals surface area contributed by atoms with E-state index in [9.17, 15) is 14.0 Å². The van der Waals surface area contributed by atoms with E-state index in [0.717, 1.165) is 6.42 Å². The monoisotopic (exact) mass is 309 g/mol.